The van der Waals surface area contributed by atoms with Crippen LogP contribution < -0.4 is 14.8 Å². The number of ether oxygens (including phenoxy) is 2. The van der Waals surface area contributed by atoms with Gasteiger partial charge in [-0.2, -0.15) is 0 Å². The highest BCUT2D eigenvalue weighted by atomic mass is 32.1. The first-order chi connectivity index (χ1) is 13.5. The molecule has 0 bridgehead atoms. The lowest BCUT2D eigenvalue weighted by Crippen LogP contribution is -2.12. The van der Waals surface area contributed by atoms with Gasteiger partial charge in [-0.05, 0) is 25.1 Å². The molecular weight excluding hydrogens is 382 g/mol. The summed E-state index contributed by atoms with van der Waals surface area (Å²) < 4.78 is 10.7. The number of methoxy groups -OCH3 is 1. The molecule has 9 heteroatoms. The molecular formula is C19H17N3O5S. The van der Waals surface area contributed by atoms with Gasteiger partial charge in [0.15, 0.2) is 16.6 Å². The maximum atomic E-state index is 12.5. The number of aromatic nitrogens is 1. The zero-order valence-electron chi connectivity index (χ0n) is 15.2. The van der Waals surface area contributed by atoms with Crippen LogP contribution in [-0.2, 0) is 0 Å². The Labute approximate surface area is 164 Å². The summed E-state index contributed by atoms with van der Waals surface area (Å²) in [6.07, 6.45) is 0. The van der Waals surface area contributed by atoms with Crippen molar-refractivity contribution < 1.29 is 19.2 Å². The Morgan fingerprint density at radius 2 is 2.07 bits per heavy atom. The summed E-state index contributed by atoms with van der Waals surface area (Å²) in [5, 5.41) is 15.8. The van der Waals surface area contributed by atoms with Crippen LogP contribution in [0, 0.1) is 10.1 Å². The van der Waals surface area contributed by atoms with Gasteiger partial charge in [0.1, 0.15) is 0 Å². The molecule has 0 fully saturated rings. The molecule has 3 aromatic rings. The van der Waals surface area contributed by atoms with E-state index in [1.807, 2.05) is 6.92 Å². The van der Waals surface area contributed by atoms with Crippen molar-refractivity contribution in [1.82, 2.24) is 4.98 Å². The van der Waals surface area contributed by atoms with Crippen LogP contribution in [0.3, 0.4) is 0 Å². The smallest absolute Gasteiger partial charge is 0.270 e. The quantitative estimate of drug-likeness (QED) is 0.467. The fourth-order valence-corrected chi connectivity index (χ4v) is 3.21. The van der Waals surface area contributed by atoms with E-state index in [2.05, 4.69) is 10.3 Å². The number of hydrogen-bond donors (Lipinski definition) is 1. The van der Waals surface area contributed by atoms with Crippen molar-refractivity contribution in [3.63, 3.8) is 0 Å². The van der Waals surface area contributed by atoms with Crippen LogP contribution in [0.4, 0.5) is 10.8 Å². The number of anilines is 1. The number of non-ortho nitro benzene ring substituents is 1. The molecule has 0 aliphatic heterocycles. The van der Waals surface area contributed by atoms with Gasteiger partial charge in [-0.15, -0.1) is 11.3 Å². The molecule has 8 nitrogen and oxygen atoms in total. The van der Waals surface area contributed by atoms with Crippen LogP contribution in [0.1, 0.15) is 17.3 Å². The van der Waals surface area contributed by atoms with E-state index in [1.165, 1.54) is 30.6 Å². The molecule has 3 rings (SSSR count). The number of nitro benzene ring substituents is 1. The lowest BCUT2D eigenvalue weighted by Gasteiger charge is -2.10. The average molecular weight is 399 g/mol. The fourth-order valence-electron chi connectivity index (χ4n) is 2.50. The second-order valence-electron chi connectivity index (χ2n) is 5.60. The number of nitrogens with one attached hydrogen (secondary N) is 1. The van der Waals surface area contributed by atoms with Crippen LogP contribution in [0.5, 0.6) is 11.5 Å². The largest absolute Gasteiger partial charge is 0.493 e. The van der Waals surface area contributed by atoms with Crippen molar-refractivity contribution in [2.75, 3.05) is 19.0 Å². The predicted molar refractivity (Wildman–Crippen MR) is 106 cm³/mol. The third kappa shape index (κ3) is 4.26. The maximum absolute atomic E-state index is 12.5. The van der Waals surface area contributed by atoms with E-state index in [4.69, 9.17) is 9.47 Å². The van der Waals surface area contributed by atoms with Gasteiger partial charge in [-0.1, -0.05) is 12.1 Å². The Hall–Kier alpha value is -3.46. The number of nitro groups is 1. The second-order valence-corrected chi connectivity index (χ2v) is 6.46. The molecule has 0 aliphatic carbocycles. The topological polar surface area (TPSA) is 104 Å². The molecule has 2 aromatic carbocycles. The van der Waals surface area contributed by atoms with E-state index in [1.54, 1.807) is 35.7 Å². The van der Waals surface area contributed by atoms with Crippen LogP contribution in [0.15, 0.2) is 47.8 Å². The molecule has 0 unspecified atom stereocenters. The van der Waals surface area contributed by atoms with Crippen molar-refractivity contribution in [3.05, 3.63) is 63.5 Å². The van der Waals surface area contributed by atoms with Gasteiger partial charge in [0.25, 0.3) is 11.6 Å². The van der Waals surface area contributed by atoms with Gasteiger partial charge in [0.05, 0.1) is 24.3 Å². The van der Waals surface area contributed by atoms with Crippen molar-refractivity contribution in [1.29, 1.82) is 0 Å². The van der Waals surface area contributed by atoms with Crippen molar-refractivity contribution >= 4 is 28.1 Å². The summed E-state index contributed by atoms with van der Waals surface area (Å²) in [6.45, 7) is 2.35. The van der Waals surface area contributed by atoms with Crippen molar-refractivity contribution in [3.8, 4) is 22.8 Å². The first kappa shape index (κ1) is 19.3. The minimum atomic E-state index is -0.460. The molecule has 28 heavy (non-hydrogen) atoms. The normalized spacial score (nSPS) is 10.4. The molecule has 0 spiro atoms. The van der Waals surface area contributed by atoms with E-state index in [0.717, 1.165) is 0 Å². The molecule has 0 radical (unpaired) electrons. The summed E-state index contributed by atoms with van der Waals surface area (Å²) in [7, 11) is 1.51. The minimum Gasteiger partial charge on any atom is -0.493 e. The van der Waals surface area contributed by atoms with E-state index >= 15 is 0 Å². The number of carbonyl (C=O) groups is 1. The molecule has 1 N–H and O–H groups in total. The standard InChI is InChI=1S/C19H17N3O5S/c1-3-27-16-8-7-13(10-17(16)26-2)18(23)21-19-20-15(11-28-19)12-5-4-6-14(9-12)22(24)25/h4-11H,3H2,1-2H3,(H,20,21,23). The van der Waals surface area contributed by atoms with Crippen LogP contribution >= 0.6 is 11.3 Å². The number of hydrogen-bond acceptors (Lipinski definition) is 7. The third-order valence-corrected chi connectivity index (χ3v) is 4.56. The number of benzene rings is 2. The highest BCUT2D eigenvalue weighted by molar-refractivity contribution is 7.14. The third-order valence-electron chi connectivity index (χ3n) is 3.80. The molecule has 144 valence electrons. The Morgan fingerprint density at radius 3 is 2.79 bits per heavy atom. The Bertz CT molecular complexity index is 1020. The van der Waals surface area contributed by atoms with Gasteiger partial charge < -0.3 is 9.47 Å². The first-order valence-corrected chi connectivity index (χ1v) is 9.22. The van der Waals surface area contributed by atoms with Crippen LogP contribution in [-0.4, -0.2) is 29.5 Å². The fraction of sp³-hybridized carbons (Fsp3) is 0.158. The van der Waals surface area contributed by atoms with Crippen LogP contribution in [0.2, 0.25) is 0 Å². The average Bonchev–Trinajstić information content (AvgIpc) is 3.17. The van der Waals surface area contributed by atoms with E-state index in [0.29, 0.717) is 40.1 Å². The maximum Gasteiger partial charge on any atom is 0.270 e. The molecule has 1 aromatic heterocycles. The highest BCUT2D eigenvalue weighted by Gasteiger charge is 2.14. The monoisotopic (exact) mass is 399 g/mol. The van der Waals surface area contributed by atoms with Gasteiger partial charge in [0.2, 0.25) is 0 Å². The predicted octanol–water partition coefficient (Wildman–Crippen LogP) is 4.38. The number of thiazole rings is 1. The summed E-state index contributed by atoms with van der Waals surface area (Å²) in [5.41, 5.74) is 1.53. The Kier molecular flexibility index (Phi) is 5.85. The van der Waals surface area contributed by atoms with Gasteiger partial charge in [-0.3, -0.25) is 20.2 Å². The van der Waals surface area contributed by atoms with Crippen molar-refractivity contribution in [2.24, 2.45) is 0 Å². The summed E-state index contributed by atoms with van der Waals surface area (Å²) in [4.78, 5) is 27.3. The summed E-state index contributed by atoms with van der Waals surface area (Å²) in [6, 6.07) is 11.1. The second kappa shape index (κ2) is 8.49. The first-order valence-electron chi connectivity index (χ1n) is 8.34. The molecule has 1 amide bonds. The Balaban J connectivity index is 1.77. The number of carbonyl (C=O) groups excluding carboxylic acids is 1. The van der Waals surface area contributed by atoms with E-state index in [9.17, 15) is 14.9 Å². The number of rotatable bonds is 7. The summed E-state index contributed by atoms with van der Waals surface area (Å²) >= 11 is 1.23. The van der Waals surface area contributed by atoms with Crippen LogP contribution in [0.25, 0.3) is 11.3 Å². The SMILES string of the molecule is CCOc1ccc(C(=O)Nc2nc(-c3cccc([N+](=O)[O-])c3)cs2)cc1OC. The number of amides is 1. The highest BCUT2D eigenvalue weighted by Crippen LogP contribution is 2.30. The lowest BCUT2D eigenvalue weighted by atomic mass is 10.1. The minimum absolute atomic E-state index is 0.0161. The summed E-state index contributed by atoms with van der Waals surface area (Å²) in [5.74, 6) is 0.677. The molecule has 1 heterocycles. The number of nitrogens with zero attached hydrogens (tertiary/aromatic N) is 2. The Morgan fingerprint density at radius 1 is 1.25 bits per heavy atom. The zero-order valence-corrected chi connectivity index (χ0v) is 16.0. The van der Waals surface area contributed by atoms with Crippen molar-refractivity contribution in [2.45, 2.75) is 6.92 Å². The van der Waals surface area contributed by atoms with Gasteiger partial charge >= 0.3 is 0 Å². The molecule has 0 saturated heterocycles. The molecule has 0 saturated carbocycles. The lowest BCUT2D eigenvalue weighted by molar-refractivity contribution is -0.384. The molecule has 0 aliphatic rings. The zero-order chi connectivity index (χ0) is 20.1. The van der Waals surface area contributed by atoms with Gasteiger partial charge in [-0.25, -0.2) is 4.98 Å². The van der Waals surface area contributed by atoms with Gasteiger partial charge in [0, 0.05) is 28.6 Å². The van der Waals surface area contributed by atoms with E-state index < -0.39 is 4.92 Å². The molecule has 0 atom stereocenters. The van der Waals surface area contributed by atoms with E-state index in [-0.39, 0.29) is 11.6 Å².